The highest BCUT2D eigenvalue weighted by atomic mass is 15.1. The second-order valence-corrected chi connectivity index (χ2v) is 5.01. The van der Waals surface area contributed by atoms with E-state index in [4.69, 9.17) is 0 Å². The highest BCUT2D eigenvalue weighted by Gasteiger charge is 2.13. The summed E-state index contributed by atoms with van der Waals surface area (Å²) < 4.78 is 0. The van der Waals surface area contributed by atoms with E-state index in [0.29, 0.717) is 0 Å². The van der Waals surface area contributed by atoms with Gasteiger partial charge >= 0.3 is 0 Å². The summed E-state index contributed by atoms with van der Waals surface area (Å²) in [6, 6.07) is 7.05. The van der Waals surface area contributed by atoms with Crippen molar-refractivity contribution in [2.45, 2.75) is 32.4 Å². The van der Waals surface area contributed by atoms with Crippen LogP contribution < -0.4 is 5.32 Å². The number of hydrogen-bond acceptors (Lipinski definition) is 2. The van der Waals surface area contributed by atoms with Crippen molar-refractivity contribution in [1.29, 1.82) is 0 Å². The normalized spacial score (nSPS) is 21.0. The maximum absolute atomic E-state index is 3.42. The molecule has 1 aromatic carbocycles. The second kappa shape index (κ2) is 4.56. The zero-order chi connectivity index (χ0) is 10.8. The smallest absolute Gasteiger partial charge is 0.0233 e. The quantitative estimate of drug-likeness (QED) is 0.812. The number of likely N-dealkylation sites (tertiary alicyclic amines) is 1. The third-order valence-electron chi connectivity index (χ3n) is 3.76. The Morgan fingerprint density at radius 1 is 1.12 bits per heavy atom. The molecule has 2 heteroatoms. The molecule has 1 aromatic rings. The minimum atomic E-state index is 1.05. The van der Waals surface area contributed by atoms with Gasteiger partial charge in [-0.2, -0.15) is 0 Å². The summed E-state index contributed by atoms with van der Waals surface area (Å²) in [5.74, 6) is 0. The number of nitrogens with zero attached hydrogens (tertiary/aromatic N) is 1. The van der Waals surface area contributed by atoms with Crippen molar-refractivity contribution in [2.75, 3.05) is 19.6 Å². The molecule has 0 aliphatic carbocycles. The lowest BCUT2D eigenvalue weighted by Gasteiger charge is -2.20. The summed E-state index contributed by atoms with van der Waals surface area (Å²) in [6.45, 7) is 5.93. The molecule has 2 aliphatic rings. The standard InChI is InChI=1S/C14H20N2/c1-2-8-16(7-1)11-12-3-4-14-10-15-6-5-13(14)9-12/h3-4,9,15H,1-2,5-8,10-11H2. The molecule has 0 radical (unpaired) electrons. The second-order valence-electron chi connectivity index (χ2n) is 5.01. The summed E-state index contributed by atoms with van der Waals surface area (Å²) in [5.41, 5.74) is 4.56. The first-order chi connectivity index (χ1) is 7.92. The summed E-state index contributed by atoms with van der Waals surface area (Å²) in [6.07, 6.45) is 3.97. The van der Waals surface area contributed by atoms with Gasteiger partial charge in [0.2, 0.25) is 0 Å². The van der Waals surface area contributed by atoms with Crippen LogP contribution in [0.2, 0.25) is 0 Å². The van der Waals surface area contributed by atoms with Gasteiger partial charge in [-0.1, -0.05) is 18.2 Å². The van der Waals surface area contributed by atoms with Crippen LogP contribution in [0.3, 0.4) is 0 Å². The first-order valence-corrected chi connectivity index (χ1v) is 6.45. The van der Waals surface area contributed by atoms with E-state index in [-0.39, 0.29) is 0 Å². The van der Waals surface area contributed by atoms with Gasteiger partial charge in [0, 0.05) is 13.1 Å². The Labute approximate surface area is 97.6 Å². The number of hydrogen-bond donors (Lipinski definition) is 1. The van der Waals surface area contributed by atoms with E-state index in [0.717, 1.165) is 19.6 Å². The fourth-order valence-corrected chi connectivity index (χ4v) is 2.83. The highest BCUT2D eigenvalue weighted by molar-refractivity contribution is 5.33. The van der Waals surface area contributed by atoms with Crippen molar-refractivity contribution in [3.05, 3.63) is 34.9 Å². The molecular formula is C14H20N2. The Morgan fingerprint density at radius 2 is 2.00 bits per heavy atom. The first kappa shape index (κ1) is 10.3. The van der Waals surface area contributed by atoms with Crippen LogP contribution in [0, 0.1) is 0 Å². The van der Waals surface area contributed by atoms with Gasteiger partial charge in [0.15, 0.2) is 0 Å². The monoisotopic (exact) mass is 216 g/mol. The number of benzene rings is 1. The van der Waals surface area contributed by atoms with Gasteiger partial charge in [-0.15, -0.1) is 0 Å². The number of rotatable bonds is 2. The van der Waals surface area contributed by atoms with E-state index in [1.807, 2.05) is 0 Å². The number of nitrogens with one attached hydrogen (secondary N) is 1. The van der Waals surface area contributed by atoms with E-state index < -0.39 is 0 Å². The van der Waals surface area contributed by atoms with Crippen molar-refractivity contribution in [3.8, 4) is 0 Å². The molecule has 16 heavy (non-hydrogen) atoms. The lowest BCUT2D eigenvalue weighted by molar-refractivity contribution is 0.331. The van der Waals surface area contributed by atoms with Gasteiger partial charge in [-0.3, -0.25) is 4.90 Å². The van der Waals surface area contributed by atoms with Crippen molar-refractivity contribution in [1.82, 2.24) is 10.2 Å². The van der Waals surface area contributed by atoms with Crippen LogP contribution in [-0.2, 0) is 19.5 Å². The molecule has 3 rings (SSSR count). The van der Waals surface area contributed by atoms with E-state index in [9.17, 15) is 0 Å². The van der Waals surface area contributed by atoms with Crippen LogP contribution in [0.15, 0.2) is 18.2 Å². The summed E-state index contributed by atoms with van der Waals surface area (Å²) in [7, 11) is 0. The topological polar surface area (TPSA) is 15.3 Å². The van der Waals surface area contributed by atoms with E-state index in [2.05, 4.69) is 28.4 Å². The summed E-state index contributed by atoms with van der Waals surface area (Å²) >= 11 is 0. The van der Waals surface area contributed by atoms with Gasteiger partial charge in [0.25, 0.3) is 0 Å². The molecule has 1 fully saturated rings. The first-order valence-electron chi connectivity index (χ1n) is 6.45. The minimum Gasteiger partial charge on any atom is -0.312 e. The molecule has 0 aromatic heterocycles. The Bertz CT molecular complexity index is 367. The van der Waals surface area contributed by atoms with Gasteiger partial charge in [-0.25, -0.2) is 0 Å². The molecule has 1 saturated heterocycles. The molecule has 0 bridgehead atoms. The molecule has 0 unspecified atom stereocenters. The summed E-state index contributed by atoms with van der Waals surface area (Å²) in [4.78, 5) is 2.57. The number of fused-ring (bicyclic) bond motifs is 1. The van der Waals surface area contributed by atoms with Crippen molar-refractivity contribution in [3.63, 3.8) is 0 Å². The Hall–Kier alpha value is -0.860. The molecule has 1 N–H and O–H groups in total. The highest BCUT2D eigenvalue weighted by Crippen LogP contribution is 2.18. The van der Waals surface area contributed by atoms with Crippen LogP contribution in [0.25, 0.3) is 0 Å². The maximum Gasteiger partial charge on any atom is 0.0233 e. The van der Waals surface area contributed by atoms with E-state index >= 15 is 0 Å². The van der Waals surface area contributed by atoms with E-state index in [1.54, 1.807) is 5.56 Å². The van der Waals surface area contributed by atoms with Crippen LogP contribution in [0.1, 0.15) is 29.5 Å². The third-order valence-corrected chi connectivity index (χ3v) is 3.76. The van der Waals surface area contributed by atoms with Gasteiger partial charge in [0.05, 0.1) is 0 Å². The molecule has 2 aliphatic heterocycles. The minimum absolute atomic E-state index is 1.05. The zero-order valence-electron chi connectivity index (χ0n) is 9.84. The van der Waals surface area contributed by atoms with Crippen LogP contribution >= 0.6 is 0 Å². The van der Waals surface area contributed by atoms with Crippen molar-refractivity contribution >= 4 is 0 Å². The fourth-order valence-electron chi connectivity index (χ4n) is 2.83. The van der Waals surface area contributed by atoms with Crippen molar-refractivity contribution in [2.24, 2.45) is 0 Å². The zero-order valence-corrected chi connectivity index (χ0v) is 9.84. The Morgan fingerprint density at radius 3 is 2.88 bits per heavy atom. The molecule has 0 saturated carbocycles. The average Bonchev–Trinajstić information content (AvgIpc) is 2.82. The molecule has 2 heterocycles. The lowest BCUT2D eigenvalue weighted by atomic mass is 9.98. The van der Waals surface area contributed by atoms with Crippen LogP contribution in [0.5, 0.6) is 0 Å². The molecule has 2 nitrogen and oxygen atoms in total. The predicted molar refractivity (Wildman–Crippen MR) is 66.4 cm³/mol. The lowest BCUT2D eigenvalue weighted by Crippen LogP contribution is -2.24. The van der Waals surface area contributed by atoms with Crippen LogP contribution in [-0.4, -0.2) is 24.5 Å². The predicted octanol–water partition coefficient (Wildman–Crippen LogP) is 1.93. The SMILES string of the molecule is c1cc2c(cc1CN1CCCC1)CCNC2. The largest absolute Gasteiger partial charge is 0.312 e. The van der Waals surface area contributed by atoms with Crippen molar-refractivity contribution < 1.29 is 0 Å². The van der Waals surface area contributed by atoms with E-state index in [1.165, 1.54) is 43.5 Å². The molecule has 86 valence electrons. The average molecular weight is 216 g/mol. The molecule has 0 atom stereocenters. The van der Waals surface area contributed by atoms with Crippen LogP contribution in [0.4, 0.5) is 0 Å². The Balaban J connectivity index is 1.74. The van der Waals surface area contributed by atoms with Gasteiger partial charge in [0.1, 0.15) is 0 Å². The third kappa shape index (κ3) is 2.13. The fraction of sp³-hybridized carbons (Fsp3) is 0.571. The van der Waals surface area contributed by atoms with Gasteiger partial charge < -0.3 is 5.32 Å². The maximum atomic E-state index is 3.42. The molecule has 0 amide bonds. The molecular weight excluding hydrogens is 196 g/mol. The van der Waals surface area contributed by atoms with Gasteiger partial charge in [-0.05, 0) is 55.6 Å². The summed E-state index contributed by atoms with van der Waals surface area (Å²) in [5, 5.41) is 3.42. The molecule has 0 spiro atoms. The Kier molecular flexibility index (Phi) is 2.94.